The third-order valence-corrected chi connectivity index (χ3v) is 3.45. The number of rotatable bonds is 2. The Kier molecular flexibility index (Phi) is 6.23. The molecule has 6 heteroatoms. The zero-order valence-electron chi connectivity index (χ0n) is 10.7. The average Bonchev–Trinajstić information content (AvgIpc) is 2.32. The van der Waals surface area contributed by atoms with Crippen molar-refractivity contribution in [2.45, 2.75) is 6.92 Å². The Morgan fingerprint density at radius 2 is 1.80 bits per heavy atom. The van der Waals surface area contributed by atoms with Crippen molar-refractivity contribution in [3.8, 4) is 0 Å². The summed E-state index contributed by atoms with van der Waals surface area (Å²) in [4.78, 5) is 1.60. The summed E-state index contributed by atoms with van der Waals surface area (Å²) in [5.74, 6) is -2.87. The summed E-state index contributed by atoms with van der Waals surface area (Å²) >= 11 is 3.28. The van der Waals surface area contributed by atoms with Crippen LogP contribution in [0.5, 0.6) is 0 Å². The Bertz CT molecular complexity index is 587. The minimum atomic E-state index is -0.960. The topological polar surface area (TPSA) is 3.24 Å². The van der Waals surface area contributed by atoms with Gasteiger partial charge in [-0.25, -0.2) is 13.2 Å². The zero-order chi connectivity index (χ0) is 14.2. The van der Waals surface area contributed by atoms with E-state index in [0.717, 1.165) is 0 Å². The maximum atomic E-state index is 13.8. The molecular weight excluding hydrogens is 408 g/mol. The second-order valence-electron chi connectivity index (χ2n) is 3.92. The van der Waals surface area contributed by atoms with Crippen LogP contribution in [0, 0.1) is 23.5 Å². The van der Waals surface area contributed by atoms with Gasteiger partial charge >= 0.3 is 0 Å². The van der Waals surface area contributed by atoms with Gasteiger partial charge in [0, 0.05) is 39.3 Å². The molecule has 0 saturated heterocycles. The maximum Gasteiger partial charge on any atom is 0.126 e. The van der Waals surface area contributed by atoms with E-state index < -0.39 is 17.5 Å². The molecule has 1 aliphatic heterocycles. The van der Waals surface area contributed by atoms with E-state index in [1.807, 2.05) is 6.92 Å². The molecule has 0 amide bonds. The fraction of sp³-hybridized carbons (Fsp3) is 0.143. The second kappa shape index (κ2) is 7.05. The number of allylic oxidation sites excluding steroid dienone is 3. The van der Waals surface area contributed by atoms with Crippen LogP contribution in [-0.2, 0) is 32.7 Å². The molecule has 20 heavy (non-hydrogen) atoms. The molecule has 1 nitrogen and oxygen atoms in total. The van der Waals surface area contributed by atoms with Crippen molar-refractivity contribution < 1.29 is 45.9 Å². The molecular formula is C14H10BrF3NY-. The summed E-state index contributed by atoms with van der Waals surface area (Å²) in [6, 6.07) is 1.30. The van der Waals surface area contributed by atoms with Crippen molar-refractivity contribution in [2.24, 2.45) is 0 Å². The van der Waals surface area contributed by atoms with Gasteiger partial charge in [-0.2, -0.15) is 12.2 Å². The predicted octanol–water partition coefficient (Wildman–Crippen LogP) is 4.37. The number of benzene rings is 1. The molecule has 1 aromatic carbocycles. The first-order valence-corrected chi connectivity index (χ1v) is 6.36. The molecule has 0 bridgehead atoms. The van der Waals surface area contributed by atoms with Crippen LogP contribution >= 0.6 is 15.9 Å². The van der Waals surface area contributed by atoms with Crippen molar-refractivity contribution in [1.29, 1.82) is 0 Å². The van der Waals surface area contributed by atoms with Gasteiger partial charge in [0.1, 0.15) is 5.82 Å². The van der Waals surface area contributed by atoms with Crippen LogP contribution in [0.15, 0.2) is 35.0 Å². The monoisotopic (exact) mass is 417 g/mol. The Balaban J connectivity index is 0.00000200. The van der Waals surface area contributed by atoms with Crippen LogP contribution in [0.1, 0.15) is 12.5 Å². The van der Waals surface area contributed by atoms with E-state index >= 15 is 0 Å². The van der Waals surface area contributed by atoms with Crippen LogP contribution in [0.2, 0.25) is 0 Å². The molecule has 0 spiro atoms. The zero-order valence-corrected chi connectivity index (χ0v) is 15.1. The molecule has 0 fully saturated rings. The molecule has 0 aromatic heterocycles. The standard InChI is InChI=1S/C14H10BrF3N.Y/c1-3-19-8(2)10(15)4-5-13(19)14-11(17)6-9(16)7-12(14)18;/h4,6-7H,2-3H2,1H3;/q-1;. The van der Waals surface area contributed by atoms with E-state index in [-0.39, 0.29) is 44.0 Å². The third kappa shape index (κ3) is 3.26. The quantitative estimate of drug-likeness (QED) is 0.645. The molecule has 0 aliphatic carbocycles. The van der Waals surface area contributed by atoms with Gasteiger partial charge < -0.3 is 4.90 Å². The van der Waals surface area contributed by atoms with E-state index in [0.29, 0.717) is 28.9 Å². The van der Waals surface area contributed by atoms with Crippen molar-refractivity contribution in [1.82, 2.24) is 4.90 Å². The SMILES string of the molecule is C=C1C(Br)=C[C-]=C(c2c(F)cc(F)cc2F)N1CC.[Y]. The summed E-state index contributed by atoms with van der Waals surface area (Å²) < 4.78 is 41.2. The number of likely N-dealkylation sites (N-methyl/N-ethyl adjacent to an activating group) is 1. The third-order valence-electron chi connectivity index (χ3n) is 2.77. The fourth-order valence-electron chi connectivity index (χ4n) is 1.88. The van der Waals surface area contributed by atoms with Crippen LogP contribution in [0.25, 0.3) is 5.70 Å². The summed E-state index contributed by atoms with van der Waals surface area (Å²) in [5, 5.41) is 0. The van der Waals surface area contributed by atoms with Crippen molar-refractivity contribution in [3.63, 3.8) is 0 Å². The Labute approximate surface area is 149 Å². The van der Waals surface area contributed by atoms with Gasteiger partial charge in [-0.1, -0.05) is 16.8 Å². The average molecular weight is 418 g/mol. The molecule has 2 rings (SSSR count). The van der Waals surface area contributed by atoms with E-state index in [9.17, 15) is 13.2 Å². The van der Waals surface area contributed by atoms with E-state index in [2.05, 4.69) is 28.6 Å². The molecule has 1 heterocycles. The van der Waals surface area contributed by atoms with E-state index in [4.69, 9.17) is 0 Å². The van der Waals surface area contributed by atoms with Gasteiger partial charge in [0.05, 0.1) is 11.6 Å². The van der Waals surface area contributed by atoms with Gasteiger partial charge in [-0.05, 0) is 30.3 Å². The smallest absolute Gasteiger partial charge is 0.126 e. The van der Waals surface area contributed by atoms with Gasteiger partial charge in [-0.15, -0.1) is 15.9 Å². The Morgan fingerprint density at radius 3 is 2.30 bits per heavy atom. The summed E-state index contributed by atoms with van der Waals surface area (Å²) in [6.45, 7) is 6.11. The summed E-state index contributed by atoms with van der Waals surface area (Å²) in [5.41, 5.74) is 0.464. The van der Waals surface area contributed by atoms with Gasteiger partial charge in [0.2, 0.25) is 0 Å². The van der Waals surface area contributed by atoms with Crippen LogP contribution in [0.3, 0.4) is 0 Å². The molecule has 0 N–H and O–H groups in total. The van der Waals surface area contributed by atoms with Crippen LogP contribution < -0.4 is 0 Å². The summed E-state index contributed by atoms with van der Waals surface area (Å²) in [7, 11) is 0. The van der Waals surface area contributed by atoms with Crippen LogP contribution in [0.4, 0.5) is 13.2 Å². The minimum Gasteiger partial charge on any atom is -0.375 e. The van der Waals surface area contributed by atoms with Crippen molar-refractivity contribution in [3.05, 3.63) is 64.1 Å². The largest absolute Gasteiger partial charge is 0.375 e. The molecule has 103 valence electrons. The molecule has 0 saturated carbocycles. The van der Waals surface area contributed by atoms with Gasteiger partial charge in [0.25, 0.3) is 0 Å². The first-order valence-electron chi connectivity index (χ1n) is 5.56. The number of nitrogens with zero attached hydrogens (tertiary/aromatic N) is 1. The molecule has 1 aromatic rings. The molecule has 0 atom stereocenters. The Hall–Kier alpha value is -0.386. The van der Waals surface area contributed by atoms with Gasteiger partial charge in [-0.3, -0.25) is 0 Å². The summed E-state index contributed by atoms with van der Waals surface area (Å²) in [6.07, 6.45) is 4.32. The molecule has 1 aliphatic rings. The first-order chi connectivity index (χ1) is 8.95. The normalized spacial score (nSPS) is 14.7. The first kappa shape index (κ1) is 17.7. The van der Waals surface area contributed by atoms with Crippen LogP contribution in [-0.4, -0.2) is 11.4 Å². The van der Waals surface area contributed by atoms with Crippen molar-refractivity contribution >= 4 is 21.6 Å². The number of hydrogen-bond donors (Lipinski definition) is 0. The number of halogens is 4. The fourth-order valence-corrected chi connectivity index (χ4v) is 2.21. The number of hydrogen-bond acceptors (Lipinski definition) is 1. The van der Waals surface area contributed by atoms with Gasteiger partial charge in [0.15, 0.2) is 0 Å². The van der Waals surface area contributed by atoms with E-state index in [1.165, 1.54) is 6.08 Å². The predicted molar refractivity (Wildman–Crippen MR) is 71.5 cm³/mol. The second-order valence-corrected chi connectivity index (χ2v) is 4.77. The molecule has 1 radical (unpaired) electrons. The van der Waals surface area contributed by atoms with Crippen molar-refractivity contribution in [2.75, 3.05) is 6.54 Å². The van der Waals surface area contributed by atoms with E-state index in [1.54, 1.807) is 4.90 Å². The maximum absolute atomic E-state index is 13.8. The molecule has 0 unspecified atom stereocenters. The minimum absolute atomic E-state index is 0. The Morgan fingerprint density at radius 1 is 1.25 bits per heavy atom.